The summed E-state index contributed by atoms with van der Waals surface area (Å²) >= 11 is 0. The molecular weight excluding hydrogens is 404 g/mol. The van der Waals surface area contributed by atoms with Crippen LogP contribution in [0.15, 0.2) is 54.9 Å². The Hall–Kier alpha value is -3.16. The van der Waals surface area contributed by atoms with Crippen LogP contribution in [0, 0.1) is 0 Å². The molecule has 1 amide bonds. The summed E-state index contributed by atoms with van der Waals surface area (Å²) in [4.78, 5) is 17.2. The van der Waals surface area contributed by atoms with E-state index in [2.05, 4.69) is 34.3 Å². The number of β-amino-alcohol motifs (C(OH)–C–C–N with tert-alkyl or cyclic N) is 1. The van der Waals surface area contributed by atoms with Gasteiger partial charge in [-0.1, -0.05) is 30.3 Å². The van der Waals surface area contributed by atoms with Crippen LogP contribution in [0.1, 0.15) is 21.5 Å². The Morgan fingerprint density at radius 2 is 1.94 bits per heavy atom. The van der Waals surface area contributed by atoms with E-state index >= 15 is 0 Å². The topological polar surface area (TPSA) is 70.8 Å². The quantitative estimate of drug-likeness (QED) is 0.670. The van der Waals surface area contributed by atoms with Crippen LogP contribution < -0.4 is 4.74 Å². The van der Waals surface area contributed by atoms with Gasteiger partial charge >= 0.3 is 0 Å². The summed E-state index contributed by atoms with van der Waals surface area (Å²) in [7, 11) is 1.87. The van der Waals surface area contributed by atoms with Gasteiger partial charge in [-0.15, -0.1) is 0 Å². The molecule has 166 valence electrons. The van der Waals surface area contributed by atoms with E-state index in [1.807, 2.05) is 31.4 Å². The van der Waals surface area contributed by atoms with Gasteiger partial charge in [0.2, 0.25) is 0 Å². The minimum absolute atomic E-state index is 0.0988. The molecule has 0 radical (unpaired) electrons. The summed E-state index contributed by atoms with van der Waals surface area (Å²) in [6, 6.07) is 14.1. The van der Waals surface area contributed by atoms with E-state index < -0.39 is 6.10 Å². The number of aryl methyl sites for hydroxylation is 1. The fourth-order valence-electron chi connectivity index (χ4n) is 4.60. The van der Waals surface area contributed by atoms with Gasteiger partial charge in [-0.3, -0.25) is 14.4 Å². The Bertz CT molecular complexity index is 1130. The molecule has 2 aliphatic rings. The normalized spacial score (nSPS) is 17.3. The van der Waals surface area contributed by atoms with Crippen molar-refractivity contribution in [2.75, 3.05) is 32.8 Å². The molecule has 7 nitrogen and oxygen atoms in total. The number of aliphatic hydroxyl groups excluding tert-OH is 1. The molecule has 0 saturated carbocycles. The first-order chi connectivity index (χ1) is 15.6. The van der Waals surface area contributed by atoms with E-state index in [0.29, 0.717) is 37.6 Å². The molecule has 0 bridgehead atoms. The highest BCUT2D eigenvalue weighted by Crippen LogP contribution is 2.29. The van der Waals surface area contributed by atoms with Crippen molar-refractivity contribution in [1.82, 2.24) is 19.6 Å². The van der Waals surface area contributed by atoms with Gasteiger partial charge < -0.3 is 14.7 Å². The van der Waals surface area contributed by atoms with E-state index in [9.17, 15) is 9.90 Å². The van der Waals surface area contributed by atoms with Gasteiger partial charge in [0.1, 0.15) is 12.4 Å². The Labute approximate surface area is 187 Å². The summed E-state index contributed by atoms with van der Waals surface area (Å²) in [6.07, 6.45) is 4.11. The maximum Gasteiger partial charge on any atom is 0.257 e. The molecule has 0 unspecified atom stereocenters. The average molecular weight is 433 g/mol. The molecule has 5 rings (SSSR count). The van der Waals surface area contributed by atoms with Crippen LogP contribution in [0.3, 0.4) is 0 Å². The number of benzene rings is 2. The van der Waals surface area contributed by atoms with Gasteiger partial charge in [-0.2, -0.15) is 5.10 Å². The van der Waals surface area contributed by atoms with E-state index in [0.717, 1.165) is 30.6 Å². The largest absolute Gasteiger partial charge is 0.491 e. The van der Waals surface area contributed by atoms with Crippen LogP contribution in [0.25, 0.3) is 11.1 Å². The van der Waals surface area contributed by atoms with Crippen molar-refractivity contribution in [3.05, 3.63) is 71.5 Å². The number of hydrogen-bond donors (Lipinski definition) is 1. The van der Waals surface area contributed by atoms with Crippen LogP contribution in [0.5, 0.6) is 5.75 Å². The second kappa shape index (κ2) is 8.76. The van der Waals surface area contributed by atoms with Gasteiger partial charge in [0.25, 0.3) is 5.91 Å². The molecule has 1 N–H and O–H groups in total. The van der Waals surface area contributed by atoms with Crippen molar-refractivity contribution in [3.63, 3.8) is 0 Å². The van der Waals surface area contributed by atoms with Crippen LogP contribution in [0.2, 0.25) is 0 Å². The zero-order valence-electron chi connectivity index (χ0n) is 18.3. The Morgan fingerprint density at radius 1 is 1.09 bits per heavy atom. The molecule has 7 heteroatoms. The van der Waals surface area contributed by atoms with Gasteiger partial charge in [-0.25, -0.2) is 0 Å². The first-order valence-electron chi connectivity index (χ1n) is 11.1. The molecule has 0 spiro atoms. The van der Waals surface area contributed by atoms with E-state index in [1.165, 1.54) is 11.1 Å². The Morgan fingerprint density at radius 3 is 2.75 bits per heavy atom. The Kier molecular flexibility index (Phi) is 5.68. The van der Waals surface area contributed by atoms with Crippen LogP contribution in [0.4, 0.5) is 0 Å². The van der Waals surface area contributed by atoms with Crippen molar-refractivity contribution in [2.45, 2.75) is 19.1 Å². The third-order valence-electron chi connectivity index (χ3n) is 6.27. The van der Waals surface area contributed by atoms with E-state index in [-0.39, 0.29) is 5.91 Å². The van der Waals surface area contributed by atoms with Crippen molar-refractivity contribution < 1.29 is 14.6 Å². The number of aliphatic hydroxyl groups is 1. The molecular formula is C25H28N4O3. The first-order valence-corrected chi connectivity index (χ1v) is 11.1. The lowest BCUT2D eigenvalue weighted by molar-refractivity contribution is 0.0501. The Balaban J connectivity index is 1.25. The summed E-state index contributed by atoms with van der Waals surface area (Å²) in [6.45, 7) is 3.46. The van der Waals surface area contributed by atoms with Gasteiger partial charge in [-0.05, 0) is 35.2 Å². The number of amides is 1. The first kappa shape index (κ1) is 20.7. The lowest BCUT2D eigenvalue weighted by Gasteiger charge is -2.32. The highest BCUT2D eigenvalue weighted by atomic mass is 16.5. The maximum atomic E-state index is 13.2. The molecule has 0 aliphatic carbocycles. The number of aromatic nitrogens is 2. The number of hydrogen-bond acceptors (Lipinski definition) is 5. The van der Waals surface area contributed by atoms with Crippen molar-refractivity contribution in [3.8, 4) is 16.9 Å². The van der Waals surface area contributed by atoms with Crippen molar-refractivity contribution in [2.24, 2.45) is 7.05 Å². The second-order valence-electron chi connectivity index (χ2n) is 8.62. The highest BCUT2D eigenvalue weighted by molar-refractivity contribution is 5.98. The summed E-state index contributed by atoms with van der Waals surface area (Å²) < 4.78 is 7.65. The molecule has 0 fully saturated rings. The molecule has 1 atom stereocenters. The van der Waals surface area contributed by atoms with Crippen LogP contribution in [-0.4, -0.2) is 69.5 Å². The van der Waals surface area contributed by atoms with Gasteiger partial charge in [0.15, 0.2) is 0 Å². The molecule has 2 aliphatic heterocycles. The molecule has 1 aromatic heterocycles. The average Bonchev–Trinajstić information content (AvgIpc) is 3.17. The smallest absolute Gasteiger partial charge is 0.257 e. The molecule has 32 heavy (non-hydrogen) atoms. The standard InChI is InChI=1S/C25H28N4O3/c1-27-14-21(13-26-27)19-6-7-23-24(12-19)32-11-10-29(25(23)31)17-22(30)16-28-9-8-18-4-2-3-5-20(18)15-28/h2-7,12-14,22,30H,8-11,15-17H2,1H3/t22-/m1/s1. The number of nitrogens with zero attached hydrogens (tertiary/aromatic N) is 4. The lowest BCUT2D eigenvalue weighted by Crippen LogP contribution is -2.44. The minimum Gasteiger partial charge on any atom is -0.491 e. The lowest BCUT2D eigenvalue weighted by atomic mass is 10.00. The minimum atomic E-state index is -0.611. The number of carbonyl (C=O) groups is 1. The number of ether oxygens (including phenoxy) is 1. The zero-order chi connectivity index (χ0) is 22.1. The second-order valence-corrected chi connectivity index (χ2v) is 8.62. The van der Waals surface area contributed by atoms with Crippen LogP contribution >= 0.6 is 0 Å². The third kappa shape index (κ3) is 4.26. The van der Waals surface area contributed by atoms with E-state index in [4.69, 9.17) is 4.74 Å². The maximum absolute atomic E-state index is 13.2. The number of carbonyl (C=O) groups excluding carboxylic acids is 1. The number of fused-ring (bicyclic) bond motifs is 2. The SMILES string of the molecule is Cn1cc(-c2ccc3c(c2)OCCN(C[C@H](O)CN2CCc4ccccc4C2)C3=O)cn1. The highest BCUT2D eigenvalue weighted by Gasteiger charge is 2.27. The van der Waals surface area contributed by atoms with Gasteiger partial charge in [0, 0.05) is 45.0 Å². The zero-order valence-corrected chi connectivity index (χ0v) is 18.3. The predicted octanol–water partition coefficient (Wildman–Crippen LogP) is 2.34. The van der Waals surface area contributed by atoms with E-state index in [1.54, 1.807) is 15.8 Å². The molecule has 0 saturated heterocycles. The molecule has 2 aromatic carbocycles. The summed E-state index contributed by atoms with van der Waals surface area (Å²) in [5.41, 5.74) is 5.19. The molecule has 3 aromatic rings. The number of rotatable bonds is 5. The van der Waals surface area contributed by atoms with Crippen molar-refractivity contribution in [1.29, 1.82) is 0 Å². The van der Waals surface area contributed by atoms with Crippen molar-refractivity contribution >= 4 is 5.91 Å². The van der Waals surface area contributed by atoms with Crippen LogP contribution in [-0.2, 0) is 20.0 Å². The third-order valence-corrected chi connectivity index (χ3v) is 6.27. The monoisotopic (exact) mass is 432 g/mol. The summed E-state index contributed by atoms with van der Waals surface area (Å²) in [5, 5.41) is 15.0. The fraction of sp³-hybridized carbons (Fsp3) is 0.360. The fourth-order valence-corrected chi connectivity index (χ4v) is 4.60. The predicted molar refractivity (Wildman–Crippen MR) is 121 cm³/mol. The van der Waals surface area contributed by atoms with Gasteiger partial charge in [0.05, 0.1) is 24.4 Å². The molecule has 3 heterocycles. The summed E-state index contributed by atoms with van der Waals surface area (Å²) in [5.74, 6) is 0.485.